The van der Waals surface area contributed by atoms with E-state index < -0.39 is 18.1 Å². The molecule has 0 heterocycles. The van der Waals surface area contributed by atoms with Gasteiger partial charge < -0.3 is 20.5 Å². The normalized spacial score (nSPS) is 11.5. The van der Waals surface area contributed by atoms with Gasteiger partial charge in [-0.15, -0.1) is 0 Å². The Morgan fingerprint density at radius 3 is 2.57 bits per heavy atom. The lowest BCUT2D eigenvalue weighted by Gasteiger charge is -2.15. The molecule has 6 nitrogen and oxygen atoms in total. The van der Waals surface area contributed by atoms with Crippen molar-refractivity contribution >= 4 is 12.1 Å². The van der Waals surface area contributed by atoms with Crippen molar-refractivity contribution in [3.8, 4) is 0 Å². The Labute approximate surface area is 124 Å². The fourth-order valence-electron chi connectivity index (χ4n) is 1.54. The lowest BCUT2D eigenvalue weighted by Crippen LogP contribution is -2.46. The first kappa shape index (κ1) is 17.0. The summed E-state index contributed by atoms with van der Waals surface area (Å²) >= 11 is 0. The number of ether oxygens (including phenoxy) is 2. The van der Waals surface area contributed by atoms with Crippen molar-refractivity contribution in [2.75, 3.05) is 13.2 Å². The number of esters is 1. The van der Waals surface area contributed by atoms with Crippen LogP contribution >= 0.6 is 0 Å². The topological polar surface area (TPSA) is 90.6 Å². The van der Waals surface area contributed by atoms with Gasteiger partial charge in [-0.2, -0.15) is 0 Å². The summed E-state index contributed by atoms with van der Waals surface area (Å²) in [7, 11) is 0. The van der Waals surface area contributed by atoms with Gasteiger partial charge in [0.15, 0.2) is 0 Å². The molecule has 0 saturated carbocycles. The van der Waals surface area contributed by atoms with Crippen molar-refractivity contribution in [1.82, 2.24) is 5.32 Å². The molecule has 1 aromatic rings. The molecule has 1 atom stereocenters. The minimum absolute atomic E-state index is 0.0363. The van der Waals surface area contributed by atoms with Gasteiger partial charge in [0.05, 0.1) is 6.61 Å². The molecule has 0 saturated heterocycles. The summed E-state index contributed by atoms with van der Waals surface area (Å²) in [6.45, 7) is 2.42. The van der Waals surface area contributed by atoms with E-state index in [1.165, 1.54) is 0 Å². The van der Waals surface area contributed by atoms with Gasteiger partial charge in [0.25, 0.3) is 0 Å². The van der Waals surface area contributed by atoms with E-state index in [1.807, 2.05) is 37.3 Å². The summed E-state index contributed by atoms with van der Waals surface area (Å²) < 4.78 is 10.0. The first-order valence-electron chi connectivity index (χ1n) is 7.01. The average molecular weight is 294 g/mol. The minimum atomic E-state index is -0.884. The Morgan fingerprint density at radius 2 is 1.95 bits per heavy atom. The SMILES string of the molecule is CCCCOC(=O)[C@H](CN)NC(=O)OCc1ccccc1. The van der Waals surface area contributed by atoms with Gasteiger partial charge in [0.1, 0.15) is 12.6 Å². The van der Waals surface area contributed by atoms with Gasteiger partial charge >= 0.3 is 12.1 Å². The predicted molar refractivity (Wildman–Crippen MR) is 78.5 cm³/mol. The quantitative estimate of drug-likeness (QED) is 0.561. The molecule has 0 aromatic heterocycles. The Bertz CT molecular complexity index is 437. The van der Waals surface area contributed by atoms with Gasteiger partial charge in [-0.25, -0.2) is 9.59 Å². The van der Waals surface area contributed by atoms with Crippen LogP contribution in [0, 0.1) is 0 Å². The molecule has 1 amide bonds. The number of carbonyl (C=O) groups is 2. The number of alkyl carbamates (subject to hydrolysis) is 1. The van der Waals surface area contributed by atoms with Crippen molar-refractivity contribution in [1.29, 1.82) is 0 Å². The van der Waals surface area contributed by atoms with E-state index in [0.717, 1.165) is 18.4 Å². The third-order valence-corrected chi connectivity index (χ3v) is 2.77. The Kier molecular flexibility index (Phi) is 7.89. The highest BCUT2D eigenvalue weighted by molar-refractivity contribution is 5.81. The molecule has 0 aliphatic rings. The molecule has 0 aliphatic heterocycles. The second-order valence-corrected chi connectivity index (χ2v) is 4.52. The number of nitrogens with two attached hydrogens (primary N) is 1. The van der Waals surface area contributed by atoms with Crippen LogP contribution in [0.3, 0.4) is 0 Å². The van der Waals surface area contributed by atoms with Crippen LogP contribution in [0.2, 0.25) is 0 Å². The molecule has 1 aromatic carbocycles. The first-order valence-corrected chi connectivity index (χ1v) is 7.01. The highest BCUT2D eigenvalue weighted by Gasteiger charge is 2.21. The van der Waals surface area contributed by atoms with Gasteiger partial charge in [-0.1, -0.05) is 43.7 Å². The molecular formula is C15H22N2O4. The van der Waals surface area contributed by atoms with Crippen LogP contribution in [-0.4, -0.2) is 31.3 Å². The summed E-state index contributed by atoms with van der Waals surface area (Å²) in [6, 6.07) is 8.37. The molecule has 0 radical (unpaired) electrons. The highest BCUT2D eigenvalue weighted by Crippen LogP contribution is 2.01. The third kappa shape index (κ3) is 6.76. The molecule has 0 spiro atoms. The van der Waals surface area contributed by atoms with Crippen molar-refractivity contribution in [2.45, 2.75) is 32.4 Å². The number of nitrogens with one attached hydrogen (secondary N) is 1. The van der Waals surface area contributed by atoms with Crippen LogP contribution in [0.4, 0.5) is 4.79 Å². The average Bonchev–Trinajstić information content (AvgIpc) is 2.51. The number of hydrogen-bond donors (Lipinski definition) is 2. The maximum atomic E-state index is 11.7. The largest absolute Gasteiger partial charge is 0.464 e. The van der Waals surface area contributed by atoms with Gasteiger partial charge in [-0.05, 0) is 12.0 Å². The van der Waals surface area contributed by atoms with Gasteiger partial charge in [-0.3, -0.25) is 0 Å². The maximum absolute atomic E-state index is 11.7. The lowest BCUT2D eigenvalue weighted by molar-refractivity contribution is -0.145. The second-order valence-electron chi connectivity index (χ2n) is 4.52. The number of unbranched alkanes of at least 4 members (excludes halogenated alkanes) is 1. The summed E-state index contributed by atoms with van der Waals surface area (Å²) in [4.78, 5) is 23.3. The van der Waals surface area contributed by atoms with Crippen LogP contribution in [0.25, 0.3) is 0 Å². The molecule has 0 unspecified atom stereocenters. The summed E-state index contributed by atoms with van der Waals surface area (Å²) in [5.74, 6) is -0.539. The Balaban J connectivity index is 2.34. The van der Waals surface area contributed by atoms with Crippen LogP contribution in [0.1, 0.15) is 25.3 Å². The Hall–Kier alpha value is -2.08. The van der Waals surface area contributed by atoms with E-state index in [9.17, 15) is 9.59 Å². The van der Waals surface area contributed by atoms with Crippen LogP contribution in [-0.2, 0) is 20.9 Å². The van der Waals surface area contributed by atoms with Crippen LogP contribution in [0.5, 0.6) is 0 Å². The predicted octanol–water partition coefficient (Wildman–Crippen LogP) is 1.58. The van der Waals surface area contributed by atoms with Crippen molar-refractivity contribution < 1.29 is 19.1 Å². The first-order chi connectivity index (χ1) is 10.2. The molecule has 0 aliphatic carbocycles. The summed E-state index contributed by atoms with van der Waals surface area (Å²) in [5, 5.41) is 2.40. The van der Waals surface area contributed by atoms with Crippen molar-refractivity contribution in [2.24, 2.45) is 5.73 Å². The smallest absolute Gasteiger partial charge is 0.408 e. The van der Waals surface area contributed by atoms with E-state index >= 15 is 0 Å². The minimum Gasteiger partial charge on any atom is -0.464 e. The molecule has 0 bridgehead atoms. The molecular weight excluding hydrogens is 272 g/mol. The number of amides is 1. The zero-order chi connectivity index (χ0) is 15.5. The van der Waals surface area contributed by atoms with E-state index in [2.05, 4.69) is 5.32 Å². The lowest BCUT2D eigenvalue weighted by atomic mass is 10.2. The Morgan fingerprint density at radius 1 is 1.24 bits per heavy atom. The van der Waals surface area contributed by atoms with Crippen molar-refractivity contribution in [3.05, 3.63) is 35.9 Å². The molecule has 1 rings (SSSR count). The maximum Gasteiger partial charge on any atom is 0.408 e. The van der Waals surface area contributed by atoms with Crippen molar-refractivity contribution in [3.63, 3.8) is 0 Å². The van der Waals surface area contributed by atoms with E-state index in [4.69, 9.17) is 15.2 Å². The zero-order valence-corrected chi connectivity index (χ0v) is 12.2. The standard InChI is InChI=1S/C15H22N2O4/c1-2-3-9-20-14(18)13(10-16)17-15(19)21-11-12-7-5-4-6-8-12/h4-8,13H,2-3,9-11,16H2,1H3,(H,17,19)/t13-/m0/s1. The van der Waals surface area contributed by atoms with E-state index in [1.54, 1.807) is 0 Å². The zero-order valence-electron chi connectivity index (χ0n) is 12.2. The third-order valence-electron chi connectivity index (χ3n) is 2.77. The highest BCUT2D eigenvalue weighted by atomic mass is 16.6. The summed E-state index contributed by atoms with van der Waals surface area (Å²) in [6.07, 6.45) is 1.01. The van der Waals surface area contributed by atoms with Gasteiger partial charge in [0.2, 0.25) is 0 Å². The second kappa shape index (κ2) is 9.77. The summed E-state index contributed by atoms with van der Waals surface area (Å²) in [5.41, 5.74) is 6.33. The van der Waals surface area contributed by atoms with Crippen LogP contribution < -0.4 is 11.1 Å². The monoisotopic (exact) mass is 294 g/mol. The number of hydrogen-bond acceptors (Lipinski definition) is 5. The van der Waals surface area contributed by atoms with Gasteiger partial charge in [0, 0.05) is 6.54 Å². The fraction of sp³-hybridized carbons (Fsp3) is 0.467. The number of carbonyl (C=O) groups excluding carboxylic acids is 2. The van der Waals surface area contributed by atoms with E-state index in [-0.39, 0.29) is 13.2 Å². The van der Waals surface area contributed by atoms with E-state index in [0.29, 0.717) is 6.61 Å². The number of benzene rings is 1. The van der Waals surface area contributed by atoms with Crippen LogP contribution in [0.15, 0.2) is 30.3 Å². The molecule has 3 N–H and O–H groups in total. The number of rotatable bonds is 8. The molecule has 6 heteroatoms. The fourth-order valence-corrected chi connectivity index (χ4v) is 1.54. The molecule has 116 valence electrons. The molecule has 21 heavy (non-hydrogen) atoms. The molecule has 0 fully saturated rings.